The van der Waals surface area contributed by atoms with E-state index in [0.717, 1.165) is 29.7 Å². The second kappa shape index (κ2) is 4.76. The quantitative estimate of drug-likeness (QED) is 0.784. The first-order valence-corrected chi connectivity index (χ1v) is 8.90. The molecule has 0 spiro atoms. The number of rotatable bonds is 2. The molecular weight excluding hydrogens is 254 g/mol. The molecule has 1 N–H and O–H groups in total. The van der Waals surface area contributed by atoms with Gasteiger partial charge in [-0.2, -0.15) is 0 Å². The molecule has 114 valence electrons. The van der Waals surface area contributed by atoms with E-state index >= 15 is 0 Å². The Balaban J connectivity index is 1.56. The first kappa shape index (κ1) is 13.7. The third-order valence-corrected chi connectivity index (χ3v) is 6.50. The fraction of sp³-hybridized carbons (Fsp3) is 0.700. The zero-order valence-electron chi connectivity index (χ0n) is 13.7. The van der Waals surface area contributed by atoms with E-state index in [1.165, 1.54) is 43.4 Å². The van der Waals surface area contributed by atoms with E-state index < -0.39 is 0 Å². The van der Waals surface area contributed by atoms with Gasteiger partial charge in [0.15, 0.2) is 0 Å². The summed E-state index contributed by atoms with van der Waals surface area (Å²) in [6.45, 7) is 6.96. The predicted octanol–water partition coefficient (Wildman–Crippen LogP) is 5.22. The smallest absolute Gasteiger partial charge is 0.0380 e. The van der Waals surface area contributed by atoms with Crippen molar-refractivity contribution in [3.8, 4) is 0 Å². The molecule has 5 unspecified atom stereocenters. The van der Waals surface area contributed by atoms with E-state index in [-0.39, 0.29) is 5.41 Å². The van der Waals surface area contributed by atoms with Gasteiger partial charge in [-0.1, -0.05) is 45.4 Å². The third-order valence-electron chi connectivity index (χ3n) is 6.50. The van der Waals surface area contributed by atoms with E-state index in [0.29, 0.717) is 0 Å². The van der Waals surface area contributed by atoms with Crippen LogP contribution in [0.1, 0.15) is 58.4 Å². The zero-order chi connectivity index (χ0) is 14.6. The monoisotopic (exact) mass is 283 g/mol. The van der Waals surface area contributed by atoms with E-state index in [9.17, 15) is 0 Å². The molecule has 1 aromatic rings. The van der Waals surface area contributed by atoms with Crippen LogP contribution >= 0.6 is 0 Å². The van der Waals surface area contributed by atoms with Crippen molar-refractivity contribution in [1.29, 1.82) is 0 Å². The summed E-state index contributed by atoms with van der Waals surface area (Å²) < 4.78 is 0. The summed E-state index contributed by atoms with van der Waals surface area (Å²) in [6.07, 6.45) is 7.45. The maximum absolute atomic E-state index is 3.96. The summed E-state index contributed by atoms with van der Waals surface area (Å²) in [4.78, 5) is 0. The highest BCUT2D eigenvalue weighted by molar-refractivity contribution is 5.55. The summed E-state index contributed by atoms with van der Waals surface area (Å²) in [5.41, 5.74) is 3.07. The Labute approximate surface area is 129 Å². The second-order valence-corrected chi connectivity index (χ2v) is 8.70. The number of benzene rings is 1. The molecule has 0 saturated heterocycles. The van der Waals surface area contributed by atoms with Crippen molar-refractivity contribution in [1.82, 2.24) is 0 Å². The normalized spacial score (nSPS) is 37.8. The van der Waals surface area contributed by atoms with Crippen molar-refractivity contribution in [3.63, 3.8) is 0 Å². The SMILES string of the molecule is CC(C)(C)c1ccccc1NC1CC2CC1C1CCCC21. The van der Waals surface area contributed by atoms with Crippen molar-refractivity contribution >= 4 is 5.69 Å². The first-order valence-electron chi connectivity index (χ1n) is 8.90. The highest BCUT2D eigenvalue weighted by Gasteiger charge is 2.53. The Bertz CT molecular complexity index is 527. The molecular formula is C20H29N. The summed E-state index contributed by atoms with van der Waals surface area (Å²) >= 11 is 0. The molecule has 0 aliphatic heterocycles. The molecule has 2 bridgehead atoms. The van der Waals surface area contributed by atoms with Crippen LogP contribution in [0.2, 0.25) is 0 Å². The topological polar surface area (TPSA) is 12.0 Å². The maximum Gasteiger partial charge on any atom is 0.0380 e. The zero-order valence-corrected chi connectivity index (χ0v) is 13.7. The second-order valence-electron chi connectivity index (χ2n) is 8.70. The fourth-order valence-electron chi connectivity index (χ4n) is 5.70. The lowest BCUT2D eigenvalue weighted by molar-refractivity contribution is 0.243. The van der Waals surface area contributed by atoms with Crippen LogP contribution in [-0.2, 0) is 5.41 Å². The molecule has 5 atom stereocenters. The van der Waals surface area contributed by atoms with Gasteiger partial charge in [-0.05, 0) is 66.4 Å². The van der Waals surface area contributed by atoms with Gasteiger partial charge in [0.05, 0.1) is 0 Å². The van der Waals surface area contributed by atoms with Gasteiger partial charge >= 0.3 is 0 Å². The molecule has 1 nitrogen and oxygen atoms in total. The van der Waals surface area contributed by atoms with Crippen LogP contribution in [0.4, 0.5) is 5.69 Å². The van der Waals surface area contributed by atoms with Gasteiger partial charge in [-0.25, -0.2) is 0 Å². The fourth-order valence-corrected chi connectivity index (χ4v) is 5.70. The van der Waals surface area contributed by atoms with Gasteiger partial charge in [0.25, 0.3) is 0 Å². The highest BCUT2D eigenvalue weighted by atomic mass is 15.0. The molecule has 1 aromatic carbocycles. The molecule has 0 amide bonds. The summed E-state index contributed by atoms with van der Waals surface area (Å²) in [7, 11) is 0. The molecule has 0 heterocycles. The molecule has 0 aromatic heterocycles. The van der Waals surface area contributed by atoms with Crippen molar-refractivity contribution in [3.05, 3.63) is 29.8 Å². The van der Waals surface area contributed by atoms with Crippen LogP contribution in [0.15, 0.2) is 24.3 Å². The van der Waals surface area contributed by atoms with Crippen LogP contribution in [-0.4, -0.2) is 6.04 Å². The molecule has 3 fully saturated rings. The molecule has 3 saturated carbocycles. The Morgan fingerprint density at radius 1 is 0.952 bits per heavy atom. The average molecular weight is 283 g/mol. The van der Waals surface area contributed by atoms with Gasteiger partial charge in [0.1, 0.15) is 0 Å². The number of nitrogens with one attached hydrogen (secondary N) is 1. The van der Waals surface area contributed by atoms with Crippen LogP contribution in [0.3, 0.4) is 0 Å². The van der Waals surface area contributed by atoms with E-state index in [4.69, 9.17) is 0 Å². The summed E-state index contributed by atoms with van der Waals surface area (Å²) in [5, 5.41) is 3.96. The Morgan fingerprint density at radius 2 is 1.71 bits per heavy atom. The molecule has 0 radical (unpaired) electrons. The largest absolute Gasteiger partial charge is 0.382 e. The van der Waals surface area contributed by atoms with Crippen LogP contribution in [0.5, 0.6) is 0 Å². The Hall–Kier alpha value is -0.980. The molecule has 4 rings (SSSR count). The Kier molecular flexibility index (Phi) is 3.10. The van der Waals surface area contributed by atoms with E-state index in [2.05, 4.69) is 50.4 Å². The molecule has 3 aliphatic carbocycles. The van der Waals surface area contributed by atoms with Crippen LogP contribution < -0.4 is 5.32 Å². The molecule has 1 heteroatoms. The van der Waals surface area contributed by atoms with Crippen molar-refractivity contribution in [2.75, 3.05) is 5.32 Å². The lowest BCUT2D eigenvalue weighted by Crippen LogP contribution is -2.34. The minimum atomic E-state index is 0.219. The minimum Gasteiger partial charge on any atom is -0.382 e. The van der Waals surface area contributed by atoms with Crippen molar-refractivity contribution < 1.29 is 0 Å². The maximum atomic E-state index is 3.96. The lowest BCUT2D eigenvalue weighted by Gasteiger charge is -2.34. The van der Waals surface area contributed by atoms with E-state index in [1.54, 1.807) is 0 Å². The van der Waals surface area contributed by atoms with Gasteiger partial charge in [0.2, 0.25) is 0 Å². The first-order chi connectivity index (χ1) is 10.0. The van der Waals surface area contributed by atoms with Gasteiger partial charge in [-0.3, -0.25) is 0 Å². The standard InChI is InChI=1S/C20H29N/c1-20(2,3)17-9-4-5-10-18(17)21-19-12-13-11-16(19)15-8-6-7-14(13)15/h4-5,9-10,13-16,19,21H,6-8,11-12H2,1-3H3. The van der Waals surface area contributed by atoms with Gasteiger partial charge in [0, 0.05) is 11.7 Å². The predicted molar refractivity (Wildman–Crippen MR) is 89.6 cm³/mol. The minimum absolute atomic E-state index is 0.219. The van der Waals surface area contributed by atoms with Gasteiger partial charge in [-0.15, -0.1) is 0 Å². The number of hydrogen-bond donors (Lipinski definition) is 1. The number of para-hydroxylation sites is 1. The number of anilines is 1. The van der Waals surface area contributed by atoms with Gasteiger partial charge < -0.3 is 5.32 Å². The summed E-state index contributed by atoms with van der Waals surface area (Å²) in [5.74, 6) is 4.12. The van der Waals surface area contributed by atoms with Crippen molar-refractivity contribution in [2.45, 2.75) is 64.3 Å². The van der Waals surface area contributed by atoms with E-state index in [1.807, 2.05) is 0 Å². The number of fused-ring (bicyclic) bond motifs is 5. The highest BCUT2D eigenvalue weighted by Crippen LogP contribution is 2.59. The third kappa shape index (κ3) is 2.20. The molecule has 21 heavy (non-hydrogen) atoms. The average Bonchev–Trinajstić information content (AvgIpc) is 3.09. The molecule has 3 aliphatic rings. The number of hydrogen-bond acceptors (Lipinski definition) is 1. The van der Waals surface area contributed by atoms with Crippen molar-refractivity contribution in [2.24, 2.45) is 23.7 Å². The summed E-state index contributed by atoms with van der Waals surface area (Å²) in [6, 6.07) is 9.69. The Morgan fingerprint density at radius 3 is 2.52 bits per heavy atom. The lowest BCUT2D eigenvalue weighted by atomic mass is 9.78. The van der Waals surface area contributed by atoms with Crippen LogP contribution in [0.25, 0.3) is 0 Å². The van der Waals surface area contributed by atoms with Crippen LogP contribution in [0, 0.1) is 23.7 Å².